The lowest BCUT2D eigenvalue weighted by Gasteiger charge is -2.30. The molecule has 0 fully saturated rings. The third-order valence-electron chi connectivity index (χ3n) is 5.61. The van der Waals surface area contributed by atoms with Crippen LogP contribution >= 0.6 is 23.2 Å². The van der Waals surface area contributed by atoms with Gasteiger partial charge >= 0.3 is 0 Å². The van der Waals surface area contributed by atoms with E-state index in [4.69, 9.17) is 32.7 Å². The fourth-order valence-corrected chi connectivity index (χ4v) is 4.44. The molecule has 2 aliphatic rings. The summed E-state index contributed by atoms with van der Waals surface area (Å²) in [6, 6.07) is 13.9. The third-order valence-corrected chi connectivity index (χ3v) is 6.31. The van der Waals surface area contributed by atoms with E-state index in [0.717, 1.165) is 16.7 Å². The van der Waals surface area contributed by atoms with Gasteiger partial charge in [0.25, 0.3) is 0 Å². The van der Waals surface area contributed by atoms with E-state index in [2.05, 4.69) is 4.90 Å². The Morgan fingerprint density at radius 2 is 1.91 bits per heavy atom. The van der Waals surface area contributed by atoms with Gasteiger partial charge < -0.3 is 9.47 Å². The molecule has 0 bridgehead atoms. The number of halogens is 3. The summed E-state index contributed by atoms with van der Waals surface area (Å²) in [6.45, 7) is 3.32. The molecule has 0 radical (unpaired) electrons. The zero-order valence-electron chi connectivity index (χ0n) is 17.1. The van der Waals surface area contributed by atoms with Gasteiger partial charge in [0.15, 0.2) is 5.76 Å². The summed E-state index contributed by atoms with van der Waals surface area (Å²) in [6.07, 6.45) is 1.36. The van der Waals surface area contributed by atoms with Crippen LogP contribution in [-0.4, -0.2) is 17.4 Å². The van der Waals surface area contributed by atoms with E-state index >= 15 is 0 Å². The molecule has 3 aromatic rings. The van der Waals surface area contributed by atoms with E-state index in [-0.39, 0.29) is 22.1 Å². The second-order valence-corrected chi connectivity index (χ2v) is 8.62. The fourth-order valence-electron chi connectivity index (χ4n) is 4.02. The number of rotatable bonds is 3. The van der Waals surface area contributed by atoms with Gasteiger partial charge in [-0.15, -0.1) is 0 Å². The molecule has 0 spiro atoms. The van der Waals surface area contributed by atoms with E-state index in [1.165, 1.54) is 18.2 Å². The van der Waals surface area contributed by atoms with Crippen molar-refractivity contribution in [1.29, 1.82) is 0 Å². The Morgan fingerprint density at radius 3 is 2.69 bits per heavy atom. The number of hydrogen-bond acceptors (Lipinski definition) is 4. The molecular weight excluding hydrogens is 452 g/mol. The maximum absolute atomic E-state index is 14.3. The minimum atomic E-state index is -0.523. The first kappa shape index (κ1) is 21.0. The molecule has 5 rings (SSSR count). The van der Waals surface area contributed by atoms with Gasteiger partial charge in [-0.3, -0.25) is 9.69 Å². The van der Waals surface area contributed by atoms with Crippen molar-refractivity contribution in [3.63, 3.8) is 0 Å². The number of ether oxygens (including phenoxy) is 2. The van der Waals surface area contributed by atoms with Crippen molar-refractivity contribution in [3.05, 3.63) is 98.0 Å². The lowest BCUT2D eigenvalue weighted by atomic mass is 9.98. The van der Waals surface area contributed by atoms with E-state index in [1.54, 1.807) is 6.07 Å². The molecule has 7 heteroatoms. The van der Waals surface area contributed by atoms with Gasteiger partial charge in [-0.05, 0) is 48.4 Å². The molecule has 0 aliphatic carbocycles. The molecule has 2 heterocycles. The van der Waals surface area contributed by atoms with E-state index < -0.39 is 5.82 Å². The summed E-state index contributed by atoms with van der Waals surface area (Å²) < 4.78 is 26.2. The van der Waals surface area contributed by atoms with Crippen LogP contribution in [0.2, 0.25) is 10.0 Å². The standard InChI is InChI=1S/C25H18Cl2FNO3/c1-14-9-21-17(12-29(13-31-21)11-15-5-2-3-6-18(15)26)25-23(14)24(30)22(32-25)10-16-19(27)7-4-8-20(16)28/h2-10H,11-13H2,1H3/b22-10-. The average molecular weight is 470 g/mol. The van der Waals surface area contributed by atoms with Gasteiger partial charge in [-0.25, -0.2) is 4.39 Å². The van der Waals surface area contributed by atoms with Gasteiger partial charge in [0.05, 0.1) is 16.1 Å². The van der Waals surface area contributed by atoms with Crippen molar-refractivity contribution in [3.8, 4) is 11.5 Å². The van der Waals surface area contributed by atoms with Crippen LogP contribution in [0, 0.1) is 12.7 Å². The van der Waals surface area contributed by atoms with Crippen molar-refractivity contribution >= 4 is 35.1 Å². The summed E-state index contributed by atoms with van der Waals surface area (Å²) in [4.78, 5) is 15.2. The molecule has 0 saturated carbocycles. The highest BCUT2D eigenvalue weighted by molar-refractivity contribution is 6.32. The molecule has 0 N–H and O–H groups in total. The van der Waals surface area contributed by atoms with E-state index in [1.807, 2.05) is 37.3 Å². The van der Waals surface area contributed by atoms with Crippen LogP contribution in [0.4, 0.5) is 4.39 Å². The normalized spacial score (nSPS) is 16.5. The smallest absolute Gasteiger partial charge is 0.232 e. The number of fused-ring (bicyclic) bond motifs is 3. The molecule has 2 aliphatic heterocycles. The zero-order chi connectivity index (χ0) is 22.4. The molecule has 0 amide bonds. The average Bonchev–Trinajstić information content (AvgIpc) is 3.10. The van der Waals surface area contributed by atoms with Gasteiger partial charge in [-0.2, -0.15) is 0 Å². The summed E-state index contributed by atoms with van der Waals surface area (Å²) in [5.41, 5.74) is 3.09. The van der Waals surface area contributed by atoms with Crippen LogP contribution in [0.15, 0.2) is 54.3 Å². The maximum atomic E-state index is 14.3. The predicted octanol–water partition coefficient (Wildman–Crippen LogP) is 6.41. The number of Topliss-reactive ketones (excluding diaryl/α,β-unsaturated/α-hetero) is 1. The first-order valence-electron chi connectivity index (χ1n) is 10.1. The van der Waals surface area contributed by atoms with E-state index in [0.29, 0.717) is 41.9 Å². The van der Waals surface area contributed by atoms with Crippen LogP contribution in [0.5, 0.6) is 11.5 Å². The number of benzene rings is 3. The quantitative estimate of drug-likeness (QED) is 0.415. The third kappa shape index (κ3) is 3.66. The van der Waals surface area contributed by atoms with Crippen molar-refractivity contribution in [2.24, 2.45) is 0 Å². The molecule has 4 nitrogen and oxygen atoms in total. The molecule has 0 atom stereocenters. The topological polar surface area (TPSA) is 38.8 Å². The van der Waals surface area contributed by atoms with Crippen LogP contribution in [0.1, 0.15) is 32.6 Å². The Hall–Kier alpha value is -2.86. The molecule has 32 heavy (non-hydrogen) atoms. The summed E-state index contributed by atoms with van der Waals surface area (Å²) in [5, 5.41) is 0.892. The van der Waals surface area contributed by atoms with Crippen molar-refractivity contribution < 1.29 is 18.7 Å². The molecule has 0 saturated heterocycles. The molecule has 0 unspecified atom stereocenters. The lowest BCUT2D eigenvalue weighted by molar-refractivity contribution is 0.0872. The summed E-state index contributed by atoms with van der Waals surface area (Å²) in [7, 11) is 0. The minimum absolute atomic E-state index is 0.0340. The van der Waals surface area contributed by atoms with Crippen molar-refractivity contribution in [2.45, 2.75) is 20.0 Å². The second-order valence-electron chi connectivity index (χ2n) is 7.80. The number of carbonyl (C=O) groups is 1. The van der Waals surface area contributed by atoms with Crippen molar-refractivity contribution in [1.82, 2.24) is 4.90 Å². The van der Waals surface area contributed by atoms with E-state index in [9.17, 15) is 9.18 Å². The Balaban J connectivity index is 1.50. The Labute approximate surface area is 194 Å². The number of nitrogens with zero attached hydrogens (tertiary/aromatic N) is 1. The second kappa shape index (κ2) is 8.24. The molecule has 162 valence electrons. The highest BCUT2D eigenvalue weighted by atomic mass is 35.5. The minimum Gasteiger partial charge on any atom is -0.478 e. The first-order chi connectivity index (χ1) is 15.4. The predicted molar refractivity (Wildman–Crippen MR) is 122 cm³/mol. The number of ketones is 1. The summed E-state index contributed by atoms with van der Waals surface area (Å²) in [5.74, 6) is 0.335. The van der Waals surface area contributed by atoms with Gasteiger partial charge in [0, 0.05) is 23.7 Å². The molecule has 0 aromatic heterocycles. The van der Waals surface area contributed by atoms with Crippen molar-refractivity contribution in [2.75, 3.05) is 6.73 Å². The fraction of sp³-hybridized carbons (Fsp3) is 0.160. The summed E-state index contributed by atoms with van der Waals surface area (Å²) >= 11 is 12.4. The first-order valence-corrected chi connectivity index (χ1v) is 10.8. The Bertz CT molecular complexity index is 1270. The lowest BCUT2D eigenvalue weighted by Crippen LogP contribution is -2.32. The number of allylic oxidation sites excluding steroid dienone is 1. The highest BCUT2D eigenvalue weighted by Gasteiger charge is 2.35. The van der Waals surface area contributed by atoms with Gasteiger partial charge in [-0.1, -0.05) is 47.5 Å². The Morgan fingerprint density at radius 1 is 1.12 bits per heavy atom. The van der Waals surface area contributed by atoms with Crippen LogP contribution in [-0.2, 0) is 13.1 Å². The monoisotopic (exact) mass is 469 g/mol. The number of hydrogen-bond donors (Lipinski definition) is 0. The van der Waals surface area contributed by atoms with Crippen LogP contribution < -0.4 is 9.47 Å². The highest BCUT2D eigenvalue weighted by Crippen LogP contribution is 2.44. The number of carbonyl (C=O) groups excluding carboxylic acids is 1. The van der Waals surface area contributed by atoms with Crippen LogP contribution in [0.25, 0.3) is 6.08 Å². The van der Waals surface area contributed by atoms with Gasteiger partial charge in [0.1, 0.15) is 24.0 Å². The van der Waals surface area contributed by atoms with Crippen LogP contribution in [0.3, 0.4) is 0 Å². The van der Waals surface area contributed by atoms with Gasteiger partial charge in [0.2, 0.25) is 5.78 Å². The molecule has 3 aromatic carbocycles. The largest absolute Gasteiger partial charge is 0.478 e. The zero-order valence-corrected chi connectivity index (χ0v) is 18.6. The maximum Gasteiger partial charge on any atom is 0.232 e. The molecular formula is C25H18Cl2FNO3. The number of aryl methyl sites for hydroxylation is 1. The SMILES string of the molecule is Cc1cc2c(c3c1C(=O)/C(=C/c1c(F)cccc1Cl)O3)CN(Cc1ccccc1Cl)CO2. The Kier molecular flexibility index (Phi) is 5.41.